The van der Waals surface area contributed by atoms with Crippen LogP contribution in [0.3, 0.4) is 0 Å². The van der Waals surface area contributed by atoms with Crippen molar-refractivity contribution in [2.45, 2.75) is 36.9 Å². The van der Waals surface area contributed by atoms with E-state index < -0.39 is 10.0 Å². The molecule has 7 heteroatoms. The van der Waals surface area contributed by atoms with Gasteiger partial charge in [-0.05, 0) is 32.3 Å². The molecule has 0 saturated carbocycles. The highest BCUT2D eigenvalue weighted by atomic mass is 32.2. The zero-order valence-electron chi connectivity index (χ0n) is 14.4. The van der Waals surface area contributed by atoms with Crippen LogP contribution in [-0.2, 0) is 14.8 Å². The summed E-state index contributed by atoms with van der Waals surface area (Å²) in [4.78, 5) is 4.31. The van der Waals surface area contributed by atoms with Crippen molar-refractivity contribution in [3.8, 4) is 0 Å². The first-order valence-electron chi connectivity index (χ1n) is 8.53. The lowest BCUT2D eigenvalue weighted by atomic mass is 9.65. The van der Waals surface area contributed by atoms with Crippen LogP contribution in [0.4, 0.5) is 0 Å². The maximum Gasteiger partial charge on any atom is 0.255 e. The van der Waals surface area contributed by atoms with E-state index in [1.165, 1.54) is 11.3 Å². The van der Waals surface area contributed by atoms with E-state index in [1.807, 2.05) is 37.3 Å². The van der Waals surface area contributed by atoms with Crippen LogP contribution in [0.2, 0.25) is 0 Å². The first-order valence-corrected chi connectivity index (χ1v) is 10.8. The third-order valence-corrected chi connectivity index (χ3v) is 8.82. The molecule has 2 aliphatic rings. The van der Waals surface area contributed by atoms with E-state index in [0.717, 1.165) is 23.4 Å². The van der Waals surface area contributed by atoms with E-state index in [2.05, 4.69) is 4.98 Å². The number of rotatable bonds is 3. The fourth-order valence-electron chi connectivity index (χ4n) is 4.13. The predicted octanol–water partition coefficient (Wildman–Crippen LogP) is 3.30. The van der Waals surface area contributed by atoms with Gasteiger partial charge < -0.3 is 4.74 Å². The third kappa shape index (κ3) is 2.73. The molecule has 1 aromatic carbocycles. The van der Waals surface area contributed by atoms with Crippen molar-refractivity contribution < 1.29 is 13.2 Å². The molecule has 2 aliphatic heterocycles. The summed E-state index contributed by atoms with van der Waals surface area (Å²) in [7, 11) is -3.54. The largest absolute Gasteiger partial charge is 0.381 e. The quantitative estimate of drug-likeness (QED) is 0.822. The Kier molecular flexibility index (Phi) is 4.22. The molecule has 0 bridgehead atoms. The molecule has 3 heterocycles. The molecule has 1 aromatic heterocycles. The molecule has 1 spiro atoms. The smallest absolute Gasteiger partial charge is 0.255 e. The Hall–Kier alpha value is -1.28. The van der Waals surface area contributed by atoms with E-state index in [0.29, 0.717) is 29.7 Å². The summed E-state index contributed by atoms with van der Waals surface area (Å²) in [5.74, 6) is 0. The number of sulfonamides is 1. The standard InChI is InChI=1S/C18H22N2O3S2/c1-13-17(24-14(2)19-13)25(21,22)20-12-18(8-10-23-11-9-18)16(20)15-6-4-3-5-7-15/h3-7,16H,8-12H2,1-2H3. The summed E-state index contributed by atoms with van der Waals surface area (Å²) in [5, 5.41) is 0.786. The van der Waals surface area contributed by atoms with Gasteiger partial charge >= 0.3 is 0 Å². The Morgan fingerprint density at radius 2 is 1.88 bits per heavy atom. The molecular formula is C18H22N2O3S2. The van der Waals surface area contributed by atoms with E-state index in [1.54, 1.807) is 11.2 Å². The van der Waals surface area contributed by atoms with Gasteiger partial charge in [0.1, 0.15) is 0 Å². The molecule has 1 atom stereocenters. The number of thiazole rings is 1. The molecule has 0 N–H and O–H groups in total. The van der Waals surface area contributed by atoms with E-state index in [4.69, 9.17) is 4.74 Å². The van der Waals surface area contributed by atoms with Gasteiger partial charge in [-0.1, -0.05) is 30.3 Å². The predicted molar refractivity (Wildman–Crippen MR) is 97.1 cm³/mol. The van der Waals surface area contributed by atoms with Crippen molar-refractivity contribution in [2.24, 2.45) is 5.41 Å². The Bertz CT molecular complexity index is 871. The Morgan fingerprint density at radius 1 is 1.20 bits per heavy atom. The average Bonchev–Trinajstić information content (AvgIpc) is 2.94. The zero-order chi connectivity index (χ0) is 17.7. The van der Waals surface area contributed by atoms with Crippen molar-refractivity contribution >= 4 is 21.4 Å². The van der Waals surface area contributed by atoms with Gasteiger partial charge in [-0.25, -0.2) is 13.4 Å². The molecule has 2 saturated heterocycles. The van der Waals surface area contributed by atoms with Gasteiger partial charge in [0, 0.05) is 25.2 Å². The maximum absolute atomic E-state index is 13.3. The van der Waals surface area contributed by atoms with Crippen LogP contribution in [0.1, 0.15) is 35.1 Å². The fourth-order valence-corrected chi connectivity index (χ4v) is 7.52. The first kappa shape index (κ1) is 17.1. The molecule has 2 fully saturated rings. The molecule has 1 unspecified atom stereocenters. The minimum Gasteiger partial charge on any atom is -0.381 e. The van der Waals surface area contributed by atoms with Crippen LogP contribution in [-0.4, -0.2) is 37.5 Å². The van der Waals surface area contributed by atoms with Crippen molar-refractivity contribution in [1.29, 1.82) is 0 Å². The highest BCUT2D eigenvalue weighted by molar-refractivity contribution is 7.91. The number of hydrogen-bond acceptors (Lipinski definition) is 5. The Balaban J connectivity index is 1.75. The van der Waals surface area contributed by atoms with Gasteiger partial charge in [0.15, 0.2) is 4.21 Å². The Labute approximate surface area is 152 Å². The van der Waals surface area contributed by atoms with Crippen LogP contribution < -0.4 is 0 Å². The summed E-state index contributed by atoms with van der Waals surface area (Å²) in [5.41, 5.74) is 1.65. The molecule has 0 radical (unpaired) electrons. The molecule has 0 amide bonds. The lowest BCUT2D eigenvalue weighted by molar-refractivity contribution is -0.0951. The summed E-state index contributed by atoms with van der Waals surface area (Å²) < 4.78 is 34.2. The van der Waals surface area contributed by atoms with Gasteiger partial charge in [-0.2, -0.15) is 4.31 Å². The van der Waals surface area contributed by atoms with E-state index in [-0.39, 0.29) is 11.5 Å². The SMILES string of the molecule is Cc1nc(C)c(S(=O)(=O)N2CC3(CCOCC3)C2c2ccccc2)s1. The van der Waals surface area contributed by atoms with Gasteiger partial charge in [-0.3, -0.25) is 0 Å². The zero-order valence-corrected chi connectivity index (χ0v) is 16.1. The van der Waals surface area contributed by atoms with Gasteiger partial charge in [0.2, 0.25) is 0 Å². The minimum absolute atomic E-state index is 0.0136. The lowest BCUT2D eigenvalue weighted by Gasteiger charge is -2.58. The molecule has 25 heavy (non-hydrogen) atoms. The first-order chi connectivity index (χ1) is 11.9. The Morgan fingerprint density at radius 3 is 2.48 bits per heavy atom. The van der Waals surface area contributed by atoms with E-state index in [9.17, 15) is 8.42 Å². The molecule has 5 nitrogen and oxygen atoms in total. The van der Waals surface area contributed by atoms with Crippen molar-refractivity contribution in [1.82, 2.24) is 9.29 Å². The summed E-state index contributed by atoms with van der Waals surface area (Å²) in [6, 6.07) is 9.88. The monoisotopic (exact) mass is 378 g/mol. The van der Waals surface area contributed by atoms with Crippen molar-refractivity contribution in [3.63, 3.8) is 0 Å². The highest BCUT2D eigenvalue weighted by Gasteiger charge is 2.58. The number of nitrogens with zero attached hydrogens (tertiary/aromatic N) is 2. The molecule has 2 aromatic rings. The number of benzene rings is 1. The number of aromatic nitrogens is 1. The minimum atomic E-state index is -3.54. The number of aryl methyl sites for hydroxylation is 2. The van der Waals surface area contributed by atoms with Gasteiger partial charge in [0.05, 0.1) is 16.7 Å². The molecule has 4 rings (SSSR count). The second-order valence-corrected chi connectivity index (χ2v) is 10.2. The fraction of sp³-hybridized carbons (Fsp3) is 0.500. The van der Waals surface area contributed by atoms with Crippen LogP contribution in [0.15, 0.2) is 34.5 Å². The average molecular weight is 379 g/mol. The highest BCUT2D eigenvalue weighted by Crippen LogP contribution is 2.56. The molecule has 0 aliphatic carbocycles. The maximum atomic E-state index is 13.3. The van der Waals surface area contributed by atoms with Gasteiger partial charge in [-0.15, -0.1) is 11.3 Å². The van der Waals surface area contributed by atoms with Crippen LogP contribution in [0.25, 0.3) is 0 Å². The third-order valence-electron chi connectivity index (χ3n) is 5.35. The summed E-state index contributed by atoms with van der Waals surface area (Å²) in [6.45, 7) is 5.60. The van der Waals surface area contributed by atoms with Crippen LogP contribution in [0, 0.1) is 19.3 Å². The molecule has 134 valence electrons. The second-order valence-electron chi connectivity index (χ2n) is 6.94. The number of hydrogen-bond donors (Lipinski definition) is 0. The van der Waals surface area contributed by atoms with E-state index >= 15 is 0 Å². The topological polar surface area (TPSA) is 59.5 Å². The summed E-state index contributed by atoms with van der Waals surface area (Å²) in [6.07, 6.45) is 1.80. The van der Waals surface area contributed by atoms with Crippen LogP contribution in [0.5, 0.6) is 0 Å². The second kappa shape index (κ2) is 6.16. The summed E-state index contributed by atoms with van der Waals surface area (Å²) >= 11 is 1.27. The van der Waals surface area contributed by atoms with Crippen LogP contribution >= 0.6 is 11.3 Å². The van der Waals surface area contributed by atoms with Gasteiger partial charge in [0.25, 0.3) is 10.0 Å². The number of ether oxygens (including phenoxy) is 1. The van der Waals surface area contributed by atoms with Crippen molar-refractivity contribution in [3.05, 3.63) is 46.6 Å². The normalized spacial score (nSPS) is 23.5. The molecular weight excluding hydrogens is 356 g/mol. The lowest BCUT2D eigenvalue weighted by Crippen LogP contribution is -2.62. The van der Waals surface area contributed by atoms with Crippen molar-refractivity contribution in [2.75, 3.05) is 19.8 Å².